The van der Waals surface area contributed by atoms with Gasteiger partial charge in [0, 0.05) is 4.47 Å². The average molecular weight is 420 g/mol. The normalized spacial score (nSPS) is 15.9. The lowest BCUT2D eigenvalue weighted by atomic mass is 10.1. The minimum absolute atomic E-state index is 0.0105. The van der Waals surface area contributed by atoms with Gasteiger partial charge in [-0.05, 0) is 41.1 Å². The van der Waals surface area contributed by atoms with E-state index >= 15 is 0 Å². The van der Waals surface area contributed by atoms with Gasteiger partial charge in [0.05, 0.1) is 18.6 Å². The summed E-state index contributed by atoms with van der Waals surface area (Å²) < 4.78 is 5.68. The van der Waals surface area contributed by atoms with Gasteiger partial charge in [0.2, 0.25) is 0 Å². The molecule has 0 atom stereocenters. The molecule has 0 aliphatic carbocycles. The number of nitrogens with zero attached hydrogens (tertiary/aromatic N) is 1. The molecule has 5 nitrogen and oxygen atoms in total. The van der Waals surface area contributed by atoms with Crippen molar-refractivity contribution in [2.45, 2.75) is 6.54 Å². The molecule has 1 fully saturated rings. The van der Waals surface area contributed by atoms with Gasteiger partial charge in [-0.2, -0.15) is 0 Å². The molecule has 0 bridgehead atoms. The van der Waals surface area contributed by atoms with Crippen molar-refractivity contribution in [3.05, 3.63) is 63.0 Å². The maximum Gasteiger partial charge on any atom is 0.293 e. The SMILES string of the molecule is COc1cc(C=C2SC(=O)N(Cc3ccccc3)C2=O)c(Br)cc1O. The number of phenols is 1. The van der Waals surface area contributed by atoms with Crippen LogP contribution in [0, 0.1) is 0 Å². The van der Waals surface area contributed by atoms with Crippen molar-refractivity contribution < 1.29 is 19.4 Å². The van der Waals surface area contributed by atoms with Crippen LogP contribution in [0.2, 0.25) is 0 Å². The second kappa shape index (κ2) is 7.33. The second-order valence-electron chi connectivity index (χ2n) is 5.30. The lowest BCUT2D eigenvalue weighted by Crippen LogP contribution is -2.27. The minimum atomic E-state index is -0.335. The van der Waals surface area contributed by atoms with Crippen LogP contribution in [0.5, 0.6) is 11.5 Å². The van der Waals surface area contributed by atoms with Gasteiger partial charge in [0.1, 0.15) is 0 Å². The Morgan fingerprint density at radius 1 is 1.24 bits per heavy atom. The van der Waals surface area contributed by atoms with E-state index < -0.39 is 0 Å². The fourth-order valence-electron chi connectivity index (χ4n) is 2.38. The van der Waals surface area contributed by atoms with Gasteiger partial charge in [-0.15, -0.1) is 0 Å². The van der Waals surface area contributed by atoms with Crippen LogP contribution in [0.25, 0.3) is 6.08 Å². The van der Waals surface area contributed by atoms with Gasteiger partial charge in [-0.1, -0.05) is 46.3 Å². The van der Waals surface area contributed by atoms with Crippen molar-refractivity contribution in [1.29, 1.82) is 0 Å². The fraction of sp³-hybridized carbons (Fsp3) is 0.111. The Kier molecular flexibility index (Phi) is 5.15. The lowest BCUT2D eigenvalue weighted by molar-refractivity contribution is -0.123. The van der Waals surface area contributed by atoms with Crippen molar-refractivity contribution in [2.24, 2.45) is 0 Å². The summed E-state index contributed by atoms with van der Waals surface area (Å²) in [7, 11) is 1.44. The van der Waals surface area contributed by atoms with Crippen LogP contribution in [-0.2, 0) is 11.3 Å². The van der Waals surface area contributed by atoms with Crippen LogP contribution >= 0.6 is 27.7 Å². The summed E-state index contributed by atoms with van der Waals surface area (Å²) in [6.07, 6.45) is 1.61. The van der Waals surface area contributed by atoms with Gasteiger partial charge >= 0.3 is 0 Å². The molecule has 0 unspecified atom stereocenters. The molecule has 0 saturated carbocycles. The Bertz CT molecular complexity index is 867. The molecule has 0 spiro atoms. The summed E-state index contributed by atoms with van der Waals surface area (Å²) in [6, 6.07) is 12.4. The summed E-state index contributed by atoms with van der Waals surface area (Å²) in [5.41, 5.74) is 1.53. The number of methoxy groups -OCH3 is 1. The number of halogens is 1. The number of aromatic hydroxyl groups is 1. The van der Waals surface area contributed by atoms with Crippen LogP contribution < -0.4 is 4.74 Å². The minimum Gasteiger partial charge on any atom is -0.504 e. The van der Waals surface area contributed by atoms with Crippen LogP contribution in [0.4, 0.5) is 4.79 Å². The summed E-state index contributed by atoms with van der Waals surface area (Å²) in [4.78, 5) is 26.3. The molecule has 1 saturated heterocycles. The number of benzene rings is 2. The largest absolute Gasteiger partial charge is 0.504 e. The van der Waals surface area contributed by atoms with Crippen molar-refractivity contribution in [3.8, 4) is 11.5 Å². The van der Waals surface area contributed by atoms with E-state index in [0.717, 1.165) is 17.3 Å². The molecule has 0 radical (unpaired) electrons. The summed E-state index contributed by atoms with van der Waals surface area (Å²) in [6.45, 7) is 0.239. The zero-order valence-electron chi connectivity index (χ0n) is 13.2. The Labute approximate surface area is 157 Å². The highest BCUT2D eigenvalue weighted by Crippen LogP contribution is 2.37. The Hall–Kier alpha value is -2.25. The van der Waals surface area contributed by atoms with Crippen molar-refractivity contribution in [3.63, 3.8) is 0 Å². The fourth-order valence-corrected chi connectivity index (χ4v) is 3.65. The third-order valence-electron chi connectivity index (χ3n) is 3.64. The van der Waals surface area contributed by atoms with Gasteiger partial charge in [-0.25, -0.2) is 0 Å². The summed E-state index contributed by atoms with van der Waals surface area (Å²) in [5, 5.41) is 9.46. The Morgan fingerprint density at radius 3 is 2.64 bits per heavy atom. The number of carbonyl (C=O) groups is 2. The smallest absolute Gasteiger partial charge is 0.293 e. The molecule has 128 valence electrons. The molecular weight excluding hydrogens is 406 g/mol. The number of imide groups is 1. The zero-order valence-corrected chi connectivity index (χ0v) is 15.6. The highest BCUT2D eigenvalue weighted by molar-refractivity contribution is 9.10. The average Bonchev–Trinajstić information content (AvgIpc) is 2.86. The first-order chi connectivity index (χ1) is 12.0. The highest BCUT2D eigenvalue weighted by Gasteiger charge is 2.35. The number of hydrogen-bond donors (Lipinski definition) is 1. The molecule has 1 aliphatic heterocycles. The predicted molar refractivity (Wildman–Crippen MR) is 100 cm³/mol. The number of rotatable bonds is 4. The van der Waals surface area contributed by atoms with E-state index in [0.29, 0.717) is 14.9 Å². The van der Waals surface area contributed by atoms with Gasteiger partial charge in [-0.3, -0.25) is 14.5 Å². The number of amides is 2. The topological polar surface area (TPSA) is 66.8 Å². The van der Waals surface area contributed by atoms with Gasteiger partial charge < -0.3 is 9.84 Å². The molecule has 2 aromatic carbocycles. The van der Waals surface area contributed by atoms with Crippen LogP contribution in [-0.4, -0.2) is 28.3 Å². The van der Waals surface area contributed by atoms with E-state index in [1.54, 1.807) is 12.1 Å². The molecule has 25 heavy (non-hydrogen) atoms. The van der Waals surface area contributed by atoms with Crippen LogP contribution in [0.15, 0.2) is 51.8 Å². The Morgan fingerprint density at radius 2 is 1.96 bits per heavy atom. The zero-order chi connectivity index (χ0) is 18.0. The number of thioether (sulfide) groups is 1. The maximum atomic E-state index is 12.6. The molecule has 1 aliphatic rings. The molecular formula is C18H14BrNO4S. The molecule has 7 heteroatoms. The van der Waals surface area contributed by atoms with Crippen molar-refractivity contribution in [1.82, 2.24) is 4.90 Å². The van der Waals surface area contributed by atoms with Gasteiger partial charge in [0.25, 0.3) is 11.1 Å². The lowest BCUT2D eigenvalue weighted by Gasteiger charge is -2.12. The van der Waals surface area contributed by atoms with Crippen molar-refractivity contribution in [2.75, 3.05) is 7.11 Å². The van der Waals surface area contributed by atoms with E-state index in [2.05, 4.69) is 15.9 Å². The molecule has 1 heterocycles. The van der Waals surface area contributed by atoms with E-state index in [9.17, 15) is 14.7 Å². The van der Waals surface area contributed by atoms with E-state index in [1.165, 1.54) is 18.1 Å². The first-order valence-electron chi connectivity index (χ1n) is 7.35. The first-order valence-corrected chi connectivity index (χ1v) is 8.96. The predicted octanol–water partition coefficient (Wildman–Crippen LogP) is 4.40. The van der Waals surface area contributed by atoms with E-state index in [1.807, 2.05) is 30.3 Å². The molecule has 1 N–H and O–H groups in total. The standard InChI is InChI=1S/C18H14BrNO4S/c1-24-15-7-12(13(19)9-14(15)21)8-16-17(22)20(18(23)25-16)10-11-5-3-2-4-6-11/h2-9,21H,10H2,1H3. The van der Waals surface area contributed by atoms with Gasteiger partial charge in [0.15, 0.2) is 11.5 Å². The maximum absolute atomic E-state index is 12.6. The van der Waals surface area contributed by atoms with Crippen LogP contribution in [0.3, 0.4) is 0 Å². The van der Waals surface area contributed by atoms with Crippen LogP contribution in [0.1, 0.15) is 11.1 Å². The quantitative estimate of drug-likeness (QED) is 0.743. The summed E-state index contributed by atoms with van der Waals surface area (Å²) >= 11 is 4.24. The molecule has 3 rings (SSSR count). The first kappa shape index (κ1) is 17.6. The molecule has 0 aromatic heterocycles. The monoisotopic (exact) mass is 419 g/mol. The van der Waals surface area contributed by atoms with E-state index in [4.69, 9.17) is 4.74 Å². The third kappa shape index (κ3) is 3.72. The highest BCUT2D eigenvalue weighted by atomic mass is 79.9. The number of ether oxygens (including phenoxy) is 1. The summed E-state index contributed by atoms with van der Waals surface area (Å²) in [5.74, 6) is -0.0560. The van der Waals surface area contributed by atoms with Crippen molar-refractivity contribution >= 4 is 44.9 Å². The Balaban J connectivity index is 1.88. The molecule has 2 aromatic rings. The molecule has 2 amide bonds. The third-order valence-corrected chi connectivity index (χ3v) is 5.24. The number of phenolic OH excluding ortho intramolecular Hbond substituents is 1. The second-order valence-corrected chi connectivity index (χ2v) is 7.15. The van der Waals surface area contributed by atoms with E-state index in [-0.39, 0.29) is 29.2 Å². The number of carbonyl (C=O) groups excluding carboxylic acids is 2. The number of hydrogen-bond acceptors (Lipinski definition) is 5.